The number of aromatic nitrogens is 1. The molecular formula is C52H34N2S. The third kappa shape index (κ3) is 5.16. The zero-order valence-corrected chi connectivity index (χ0v) is 30.7. The van der Waals surface area contributed by atoms with E-state index in [-0.39, 0.29) is 0 Å². The molecule has 0 saturated carbocycles. The molecule has 0 radical (unpaired) electrons. The molecule has 2 aromatic heterocycles. The van der Waals surface area contributed by atoms with Crippen molar-refractivity contribution in [3.8, 4) is 27.9 Å². The highest BCUT2D eigenvalue weighted by Gasteiger charge is 2.22. The van der Waals surface area contributed by atoms with Crippen molar-refractivity contribution in [2.45, 2.75) is 0 Å². The van der Waals surface area contributed by atoms with E-state index in [1.165, 1.54) is 69.5 Å². The van der Waals surface area contributed by atoms with Crippen LogP contribution in [0.4, 0.5) is 17.1 Å². The molecule has 11 aromatic rings. The van der Waals surface area contributed by atoms with E-state index >= 15 is 0 Å². The quantitative estimate of drug-likeness (QED) is 0.166. The molecule has 0 aliphatic rings. The number of hydrogen-bond donors (Lipinski definition) is 0. The summed E-state index contributed by atoms with van der Waals surface area (Å²) in [5.41, 5.74) is 11.7. The second kappa shape index (κ2) is 12.9. The molecule has 0 bridgehead atoms. The van der Waals surface area contributed by atoms with E-state index in [2.05, 4.69) is 216 Å². The summed E-state index contributed by atoms with van der Waals surface area (Å²) in [7, 11) is 0. The Morgan fingerprint density at radius 3 is 1.89 bits per heavy atom. The van der Waals surface area contributed by atoms with Crippen LogP contribution in [-0.2, 0) is 0 Å². The van der Waals surface area contributed by atoms with Crippen LogP contribution >= 0.6 is 11.3 Å². The summed E-state index contributed by atoms with van der Waals surface area (Å²) in [5.74, 6) is 0. The Labute approximate surface area is 323 Å². The number of hydrogen-bond acceptors (Lipinski definition) is 2. The molecule has 0 N–H and O–H groups in total. The van der Waals surface area contributed by atoms with Crippen LogP contribution in [0, 0.1) is 0 Å². The molecule has 0 unspecified atom stereocenters. The summed E-state index contributed by atoms with van der Waals surface area (Å²) in [5, 5.41) is 7.52. The second-order valence-electron chi connectivity index (χ2n) is 14.1. The van der Waals surface area contributed by atoms with E-state index in [0.29, 0.717) is 0 Å². The van der Waals surface area contributed by atoms with Crippen LogP contribution in [0.3, 0.4) is 0 Å². The zero-order valence-electron chi connectivity index (χ0n) is 29.9. The third-order valence-electron chi connectivity index (χ3n) is 11.0. The van der Waals surface area contributed by atoms with Crippen molar-refractivity contribution < 1.29 is 0 Å². The number of rotatable bonds is 6. The van der Waals surface area contributed by atoms with Gasteiger partial charge < -0.3 is 9.47 Å². The van der Waals surface area contributed by atoms with Crippen LogP contribution in [0.1, 0.15) is 0 Å². The Balaban J connectivity index is 1.19. The van der Waals surface area contributed by atoms with Crippen LogP contribution < -0.4 is 4.90 Å². The maximum atomic E-state index is 2.47. The lowest BCUT2D eigenvalue weighted by Gasteiger charge is -2.28. The van der Waals surface area contributed by atoms with E-state index in [4.69, 9.17) is 0 Å². The molecule has 0 atom stereocenters. The summed E-state index contributed by atoms with van der Waals surface area (Å²) >= 11 is 1.86. The standard InChI is InChI=1S/C52H34N2S/c1-2-15-36(16-3-1)40-20-6-10-25-47(40)53(37-30-32-52-46(33-37)45-23-9-13-28-51(45)55-52)38-29-31-44-43-22-8-12-27-49(43)54(50(44)34-38)48-26-11-7-21-42(48)41-24-14-18-35-17-4-5-19-39(35)41/h1-34H. The predicted octanol–water partition coefficient (Wildman–Crippen LogP) is 15.1. The van der Waals surface area contributed by atoms with Crippen LogP contribution in [0.2, 0.25) is 0 Å². The average molecular weight is 719 g/mol. The van der Waals surface area contributed by atoms with Gasteiger partial charge in [0.1, 0.15) is 0 Å². The zero-order chi connectivity index (χ0) is 36.3. The minimum Gasteiger partial charge on any atom is -0.310 e. The lowest BCUT2D eigenvalue weighted by atomic mass is 9.97. The average Bonchev–Trinajstić information content (AvgIpc) is 3.79. The first-order valence-electron chi connectivity index (χ1n) is 18.8. The van der Waals surface area contributed by atoms with Gasteiger partial charge in [-0.1, -0.05) is 152 Å². The molecule has 11 rings (SSSR count). The molecule has 0 amide bonds. The number of anilines is 3. The second-order valence-corrected chi connectivity index (χ2v) is 15.2. The first-order chi connectivity index (χ1) is 27.3. The van der Waals surface area contributed by atoms with Crippen LogP contribution in [0.25, 0.3) is 80.7 Å². The summed E-state index contributed by atoms with van der Waals surface area (Å²) in [6.45, 7) is 0. The van der Waals surface area contributed by atoms with Crippen molar-refractivity contribution in [2.75, 3.05) is 4.90 Å². The fourth-order valence-electron chi connectivity index (χ4n) is 8.53. The Morgan fingerprint density at radius 1 is 0.364 bits per heavy atom. The summed E-state index contributed by atoms with van der Waals surface area (Å²) < 4.78 is 5.07. The molecule has 9 aromatic carbocycles. The number of nitrogens with zero attached hydrogens (tertiary/aromatic N) is 2. The fraction of sp³-hybridized carbons (Fsp3) is 0. The van der Waals surface area contributed by atoms with Gasteiger partial charge in [-0.05, 0) is 76.5 Å². The van der Waals surface area contributed by atoms with E-state index in [9.17, 15) is 0 Å². The summed E-state index contributed by atoms with van der Waals surface area (Å²) in [6, 6.07) is 75.3. The minimum absolute atomic E-state index is 1.10. The minimum atomic E-state index is 1.10. The highest BCUT2D eigenvalue weighted by molar-refractivity contribution is 7.25. The molecule has 0 aliphatic carbocycles. The molecule has 0 aliphatic heterocycles. The maximum absolute atomic E-state index is 2.47. The van der Waals surface area contributed by atoms with Crippen molar-refractivity contribution in [1.29, 1.82) is 0 Å². The van der Waals surface area contributed by atoms with Gasteiger partial charge in [-0.3, -0.25) is 0 Å². The smallest absolute Gasteiger partial charge is 0.0562 e. The van der Waals surface area contributed by atoms with Gasteiger partial charge in [0.15, 0.2) is 0 Å². The first kappa shape index (κ1) is 31.6. The number of benzene rings is 9. The molecular weight excluding hydrogens is 685 g/mol. The van der Waals surface area contributed by atoms with Crippen LogP contribution in [-0.4, -0.2) is 4.57 Å². The SMILES string of the molecule is c1ccc(-c2ccccc2N(c2ccc3sc4ccccc4c3c2)c2ccc3c4ccccc4n(-c4ccccc4-c4cccc5ccccc45)c3c2)cc1. The fourth-order valence-corrected chi connectivity index (χ4v) is 9.61. The van der Waals surface area contributed by atoms with E-state index < -0.39 is 0 Å². The molecule has 258 valence electrons. The largest absolute Gasteiger partial charge is 0.310 e. The van der Waals surface area contributed by atoms with Gasteiger partial charge >= 0.3 is 0 Å². The van der Waals surface area contributed by atoms with Gasteiger partial charge in [-0.2, -0.15) is 0 Å². The number of thiophene rings is 1. The van der Waals surface area contributed by atoms with Crippen molar-refractivity contribution in [3.63, 3.8) is 0 Å². The highest BCUT2D eigenvalue weighted by Crippen LogP contribution is 2.46. The molecule has 3 heteroatoms. The van der Waals surface area contributed by atoms with Crippen LogP contribution in [0.5, 0.6) is 0 Å². The van der Waals surface area contributed by atoms with E-state index in [1.54, 1.807) is 0 Å². The van der Waals surface area contributed by atoms with Gasteiger partial charge in [0.25, 0.3) is 0 Å². The molecule has 0 fully saturated rings. The van der Waals surface area contributed by atoms with Gasteiger partial charge in [0.05, 0.1) is 22.4 Å². The monoisotopic (exact) mass is 718 g/mol. The Hall–Kier alpha value is -6.94. The van der Waals surface area contributed by atoms with Crippen molar-refractivity contribution in [2.24, 2.45) is 0 Å². The van der Waals surface area contributed by atoms with E-state index in [0.717, 1.165) is 28.3 Å². The summed E-state index contributed by atoms with van der Waals surface area (Å²) in [6.07, 6.45) is 0. The normalized spacial score (nSPS) is 11.6. The molecule has 0 spiro atoms. The summed E-state index contributed by atoms with van der Waals surface area (Å²) in [4.78, 5) is 2.45. The van der Waals surface area contributed by atoms with Crippen molar-refractivity contribution in [1.82, 2.24) is 4.57 Å². The molecule has 55 heavy (non-hydrogen) atoms. The van der Waals surface area contributed by atoms with Gasteiger partial charge in [-0.25, -0.2) is 0 Å². The van der Waals surface area contributed by atoms with Gasteiger partial charge in [0, 0.05) is 53.4 Å². The molecule has 0 saturated heterocycles. The van der Waals surface area contributed by atoms with E-state index in [1.807, 2.05) is 11.3 Å². The molecule has 2 heterocycles. The van der Waals surface area contributed by atoms with Crippen molar-refractivity contribution >= 4 is 81.1 Å². The number of para-hydroxylation sites is 3. The van der Waals surface area contributed by atoms with Gasteiger partial charge in [-0.15, -0.1) is 11.3 Å². The van der Waals surface area contributed by atoms with Crippen molar-refractivity contribution in [3.05, 3.63) is 206 Å². The topological polar surface area (TPSA) is 8.17 Å². The Bertz CT molecular complexity index is 3220. The van der Waals surface area contributed by atoms with Gasteiger partial charge in [0.2, 0.25) is 0 Å². The number of fused-ring (bicyclic) bond motifs is 7. The third-order valence-corrected chi connectivity index (χ3v) is 12.1. The lowest BCUT2D eigenvalue weighted by molar-refractivity contribution is 1.18. The predicted molar refractivity (Wildman–Crippen MR) is 237 cm³/mol. The van der Waals surface area contributed by atoms with Crippen LogP contribution in [0.15, 0.2) is 206 Å². The Kier molecular flexibility index (Phi) is 7.39. The first-order valence-corrected chi connectivity index (χ1v) is 19.6. The highest BCUT2D eigenvalue weighted by atomic mass is 32.1. The maximum Gasteiger partial charge on any atom is 0.0562 e. The molecule has 2 nitrogen and oxygen atoms in total. The Morgan fingerprint density at radius 2 is 0.982 bits per heavy atom. The lowest BCUT2D eigenvalue weighted by Crippen LogP contribution is -2.11.